The van der Waals surface area contributed by atoms with Crippen molar-refractivity contribution in [2.45, 2.75) is 40.0 Å². The van der Waals surface area contributed by atoms with Gasteiger partial charge in [-0.15, -0.1) is 0 Å². The van der Waals surface area contributed by atoms with Crippen LogP contribution in [0.15, 0.2) is 12.1 Å². The highest BCUT2D eigenvalue weighted by Gasteiger charge is 2.07. The van der Waals surface area contributed by atoms with Gasteiger partial charge < -0.3 is 15.2 Å². The molecular weight excluding hydrogens is 254 g/mol. The van der Waals surface area contributed by atoms with Gasteiger partial charge in [0.05, 0.1) is 0 Å². The fourth-order valence-electron chi connectivity index (χ4n) is 2.22. The molecule has 0 fully saturated rings. The van der Waals surface area contributed by atoms with Crippen LogP contribution in [0.3, 0.4) is 0 Å². The third-order valence-corrected chi connectivity index (χ3v) is 3.11. The summed E-state index contributed by atoms with van der Waals surface area (Å²) in [4.78, 5) is 11.7. The lowest BCUT2D eigenvalue weighted by atomic mass is 10.1. The Labute approximate surface area is 121 Å². The minimum absolute atomic E-state index is 0.0464. The molecule has 0 aliphatic rings. The van der Waals surface area contributed by atoms with Gasteiger partial charge in [0.1, 0.15) is 5.75 Å². The molecule has 0 bridgehead atoms. The molecule has 1 aromatic carbocycles. The Morgan fingerprint density at radius 2 is 1.80 bits per heavy atom. The molecule has 1 rings (SSSR count). The smallest absolute Gasteiger partial charge is 0.257 e. The van der Waals surface area contributed by atoms with Crippen LogP contribution in [0.25, 0.3) is 0 Å². The average molecular weight is 279 g/mol. The number of rotatable bonds is 8. The van der Waals surface area contributed by atoms with E-state index >= 15 is 0 Å². The van der Waals surface area contributed by atoms with Crippen molar-refractivity contribution < 1.29 is 14.6 Å². The molecule has 0 aromatic heterocycles. The molecule has 1 amide bonds. The number of hydrogen-bond acceptors (Lipinski definition) is 3. The van der Waals surface area contributed by atoms with E-state index in [0.717, 1.165) is 36.1 Å². The van der Waals surface area contributed by atoms with Crippen molar-refractivity contribution in [3.05, 3.63) is 28.8 Å². The van der Waals surface area contributed by atoms with Crippen molar-refractivity contribution in [3.63, 3.8) is 0 Å². The largest absolute Gasteiger partial charge is 0.483 e. The molecule has 0 unspecified atom stereocenters. The lowest BCUT2D eigenvalue weighted by Gasteiger charge is -2.13. The van der Waals surface area contributed by atoms with Crippen molar-refractivity contribution in [1.82, 2.24) is 5.32 Å². The molecule has 0 spiro atoms. The SMILES string of the molecule is Cc1cc(C)c(OCC(=O)NCCCCCO)c(C)c1. The van der Waals surface area contributed by atoms with Gasteiger partial charge >= 0.3 is 0 Å². The number of nitrogens with one attached hydrogen (secondary N) is 1. The minimum Gasteiger partial charge on any atom is -0.483 e. The highest BCUT2D eigenvalue weighted by atomic mass is 16.5. The predicted molar refractivity (Wildman–Crippen MR) is 80.1 cm³/mol. The molecule has 0 aliphatic heterocycles. The van der Waals surface area contributed by atoms with Gasteiger partial charge in [-0.05, 0) is 51.2 Å². The van der Waals surface area contributed by atoms with E-state index in [1.807, 2.05) is 20.8 Å². The van der Waals surface area contributed by atoms with Crippen LogP contribution in [0.1, 0.15) is 36.0 Å². The van der Waals surface area contributed by atoms with Crippen molar-refractivity contribution in [1.29, 1.82) is 0 Å². The van der Waals surface area contributed by atoms with E-state index in [2.05, 4.69) is 17.4 Å². The predicted octanol–water partition coefficient (Wildman–Crippen LogP) is 2.27. The molecule has 112 valence electrons. The van der Waals surface area contributed by atoms with Crippen molar-refractivity contribution >= 4 is 5.91 Å². The first kappa shape index (κ1) is 16.5. The summed E-state index contributed by atoms with van der Waals surface area (Å²) in [6.45, 7) is 6.91. The second kappa shape index (κ2) is 8.59. The number of aryl methyl sites for hydroxylation is 3. The van der Waals surface area contributed by atoms with Gasteiger partial charge in [0, 0.05) is 13.2 Å². The number of unbranched alkanes of at least 4 members (excludes halogenated alkanes) is 2. The van der Waals surface area contributed by atoms with Crippen LogP contribution in [0.4, 0.5) is 0 Å². The highest BCUT2D eigenvalue weighted by Crippen LogP contribution is 2.24. The Hall–Kier alpha value is -1.55. The summed E-state index contributed by atoms with van der Waals surface area (Å²) >= 11 is 0. The maximum absolute atomic E-state index is 11.7. The van der Waals surface area contributed by atoms with Gasteiger partial charge in [0.25, 0.3) is 5.91 Å². The number of carbonyl (C=O) groups is 1. The summed E-state index contributed by atoms with van der Waals surface area (Å²) in [5, 5.41) is 11.5. The van der Waals surface area contributed by atoms with Gasteiger partial charge in [0.2, 0.25) is 0 Å². The standard InChI is InChI=1S/C16H25NO3/c1-12-9-13(2)16(14(3)10-12)20-11-15(19)17-7-5-4-6-8-18/h9-10,18H,4-8,11H2,1-3H3,(H,17,19). The van der Waals surface area contributed by atoms with Gasteiger partial charge in [0.15, 0.2) is 6.61 Å². The van der Waals surface area contributed by atoms with Gasteiger partial charge in [-0.25, -0.2) is 0 Å². The minimum atomic E-state index is -0.103. The zero-order chi connectivity index (χ0) is 15.0. The Morgan fingerprint density at radius 1 is 1.15 bits per heavy atom. The van der Waals surface area contributed by atoms with E-state index in [4.69, 9.17) is 9.84 Å². The van der Waals surface area contributed by atoms with Crippen LogP contribution in [0, 0.1) is 20.8 Å². The van der Waals surface area contributed by atoms with Gasteiger partial charge in [-0.3, -0.25) is 4.79 Å². The number of amides is 1. The molecule has 4 nitrogen and oxygen atoms in total. The monoisotopic (exact) mass is 279 g/mol. The Balaban J connectivity index is 2.34. The van der Waals surface area contributed by atoms with Crippen LogP contribution < -0.4 is 10.1 Å². The summed E-state index contributed by atoms with van der Waals surface area (Å²) in [7, 11) is 0. The van der Waals surface area contributed by atoms with E-state index in [1.54, 1.807) is 0 Å². The molecule has 0 radical (unpaired) electrons. The van der Waals surface area contributed by atoms with Gasteiger partial charge in [-0.2, -0.15) is 0 Å². The summed E-state index contributed by atoms with van der Waals surface area (Å²) < 4.78 is 5.61. The number of ether oxygens (including phenoxy) is 1. The van der Waals surface area contributed by atoms with E-state index in [-0.39, 0.29) is 19.1 Å². The second-order valence-corrected chi connectivity index (χ2v) is 5.15. The first-order valence-electron chi connectivity index (χ1n) is 7.12. The maximum Gasteiger partial charge on any atom is 0.257 e. The van der Waals surface area contributed by atoms with Crippen molar-refractivity contribution in [2.24, 2.45) is 0 Å². The molecule has 0 heterocycles. The van der Waals surface area contributed by atoms with E-state index in [0.29, 0.717) is 6.54 Å². The lowest BCUT2D eigenvalue weighted by Crippen LogP contribution is -2.29. The van der Waals surface area contributed by atoms with Crippen molar-refractivity contribution in [3.8, 4) is 5.75 Å². The van der Waals surface area contributed by atoms with Crippen LogP contribution in [0.5, 0.6) is 5.75 Å². The van der Waals surface area contributed by atoms with E-state index in [9.17, 15) is 4.79 Å². The number of aliphatic hydroxyl groups is 1. The lowest BCUT2D eigenvalue weighted by molar-refractivity contribution is -0.123. The number of benzene rings is 1. The van der Waals surface area contributed by atoms with Crippen molar-refractivity contribution in [2.75, 3.05) is 19.8 Å². The summed E-state index contributed by atoms with van der Waals surface area (Å²) in [6, 6.07) is 4.10. The average Bonchev–Trinajstić information content (AvgIpc) is 2.37. The quantitative estimate of drug-likeness (QED) is 0.718. The third kappa shape index (κ3) is 5.61. The van der Waals surface area contributed by atoms with Crippen LogP contribution >= 0.6 is 0 Å². The summed E-state index contributed by atoms with van der Waals surface area (Å²) in [5.41, 5.74) is 3.30. The molecule has 0 atom stereocenters. The molecule has 0 aliphatic carbocycles. The topological polar surface area (TPSA) is 58.6 Å². The molecule has 4 heteroatoms. The first-order chi connectivity index (χ1) is 9.54. The zero-order valence-electron chi connectivity index (χ0n) is 12.7. The molecule has 0 saturated heterocycles. The molecular formula is C16H25NO3. The normalized spacial score (nSPS) is 10.4. The Bertz CT molecular complexity index is 420. The zero-order valence-corrected chi connectivity index (χ0v) is 12.7. The number of hydrogen-bond donors (Lipinski definition) is 2. The fourth-order valence-corrected chi connectivity index (χ4v) is 2.22. The number of carbonyl (C=O) groups excluding carboxylic acids is 1. The third-order valence-electron chi connectivity index (χ3n) is 3.11. The Morgan fingerprint density at radius 3 is 2.40 bits per heavy atom. The molecule has 1 aromatic rings. The van der Waals surface area contributed by atoms with E-state index < -0.39 is 0 Å². The van der Waals surface area contributed by atoms with Crippen LogP contribution in [-0.2, 0) is 4.79 Å². The fraction of sp³-hybridized carbons (Fsp3) is 0.562. The summed E-state index contributed by atoms with van der Waals surface area (Å²) in [5.74, 6) is 0.694. The van der Waals surface area contributed by atoms with Gasteiger partial charge in [-0.1, -0.05) is 17.7 Å². The Kier molecular flexibility index (Phi) is 7.09. The maximum atomic E-state index is 11.7. The van der Waals surface area contributed by atoms with Crippen LogP contribution in [-0.4, -0.2) is 30.8 Å². The highest BCUT2D eigenvalue weighted by molar-refractivity contribution is 5.77. The second-order valence-electron chi connectivity index (χ2n) is 5.15. The first-order valence-corrected chi connectivity index (χ1v) is 7.12. The molecule has 0 saturated carbocycles. The van der Waals surface area contributed by atoms with E-state index in [1.165, 1.54) is 5.56 Å². The molecule has 2 N–H and O–H groups in total. The summed E-state index contributed by atoms with van der Waals surface area (Å²) in [6.07, 6.45) is 2.59. The number of aliphatic hydroxyl groups excluding tert-OH is 1. The molecule has 20 heavy (non-hydrogen) atoms. The van der Waals surface area contributed by atoms with Crippen LogP contribution in [0.2, 0.25) is 0 Å².